The van der Waals surface area contributed by atoms with Crippen molar-refractivity contribution in [2.75, 3.05) is 18.5 Å². The number of hydrogen-bond acceptors (Lipinski definition) is 6. The molecule has 1 aromatic rings. The first-order valence-electron chi connectivity index (χ1n) is 4.74. The van der Waals surface area contributed by atoms with Gasteiger partial charge in [0, 0.05) is 6.61 Å². The zero-order valence-corrected chi connectivity index (χ0v) is 8.92. The van der Waals surface area contributed by atoms with Crippen molar-refractivity contribution in [2.45, 2.75) is 18.9 Å². The molecule has 3 N–H and O–H groups in total. The summed E-state index contributed by atoms with van der Waals surface area (Å²) in [6, 6.07) is 0. The van der Waals surface area contributed by atoms with Gasteiger partial charge in [-0.15, -0.1) is 10.2 Å². The molecule has 1 aliphatic rings. The Morgan fingerprint density at radius 2 is 2.53 bits per heavy atom. The first-order valence-corrected chi connectivity index (χ1v) is 5.56. The van der Waals surface area contributed by atoms with Crippen molar-refractivity contribution in [3.8, 4) is 0 Å². The topological polar surface area (TPSA) is 90.1 Å². The van der Waals surface area contributed by atoms with E-state index in [1.807, 2.05) is 0 Å². The molecule has 6 nitrogen and oxygen atoms in total. The molecule has 2 heterocycles. The summed E-state index contributed by atoms with van der Waals surface area (Å²) in [5.41, 5.74) is 5.17. The van der Waals surface area contributed by atoms with Crippen molar-refractivity contribution in [1.29, 1.82) is 0 Å². The second-order valence-electron chi connectivity index (χ2n) is 3.20. The van der Waals surface area contributed by atoms with Crippen LogP contribution in [-0.2, 0) is 9.53 Å². The summed E-state index contributed by atoms with van der Waals surface area (Å²) >= 11 is 1.34. The van der Waals surface area contributed by atoms with Crippen molar-refractivity contribution in [2.24, 2.45) is 5.73 Å². The minimum Gasteiger partial charge on any atom is -0.371 e. The van der Waals surface area contributed by atoms with Gasteiger partial charge in [-0.1, -0.05) is 11.3 Å². The van der Waals surface area contributed by atoms with Crippen molar-refractivity contribution >= 4 is 22.4 Å². The summed E-state index contributed by atoms with van der Waals surface area (Å²) in [4.78, 5) is 11.0. The van der Waals surface area contributed by atoms with Crippen LogP contribution < -0.4 is 11.1 Å². The zero-order chi connectivity index (χ0) is 10.7. The normalized spacial score (nSPS) is 20.5. The van der Waals surface area contributed by atoms with Gasteiger partial charge in [-0.05, 0) is 12.8 Å². The molecule has 1 atom stereocenters. The standard InChI is InChI=1S/C8H12N4O2S/c9-4-6(13)10-8-12-11-7(15-8)5-2-1-3-14-5/h5H,1-4,9H2,(H,10,12,13). The molecule has 1 unspecified atom stereocenters. The summed E-state index contributed by atoms with van der Waals surface area (Å²) < 4.78 is 5.45. The molecule has 1 fully saturated rings. The van der Waals surface area contributed by atoms with E-state index in [4.69, 9.17) is 10.5 Å². The number of nitrogens with zero attached hydrogens (tertiary/aromatic N) is 2. The van der Waals surface area contributed by atoms with E-state index in [2.05, 4.69) is 15.5 Å². The molecule has 0 aromatic carbocycles. The van der Waals surface area contributed by atoms with Crippen LogP contribution >= 0.6 is 11.3 Å². The average Bonchev–Trinajstić information content (AvgIpc) is 2.85. The molecule has 1 aromatic heterocycles. The summed E-state index contributed by atoms with van der Waals surface area (Å²) in [5.74, 6) is -0.259. The zero-order valence-electron chi connectivity index (χ0n) is 8.10. The number of rotatable bonds is 3. The second kappa shape index (κ2) is 4.65. The van der Waals surface area contributed by atoms with Gasteiger partial charge in [0.2, 0.25) is 11.0 Å². The van der Waals surface area contributed by atoms with E-state index >= 15 is 0 Å². The highest BCUT2D eigenvalue weighted by Crippen LogP contribution is 2.31. The number of amides is 1. The van der Waals surface area contributed by atoms with Gasteiger partial charge < -0.3 is 10.5 Å². The molecule has 7 heteroatoms. The van der Waals surface area contributed by atoms with E-state index in [0.29, 0.717) is 5.13 Å². The highest BCUT2D eigenvalue weighted by atomic mass is 32.1. The third-order valence-corrected chi connectivity index (χ3v) is 3.01. The minimum absolute atomic E-state index is 0.0468. The predicted octanol–water partition coefficient (Wildman–Crippen LogP) is 0.287. The SMILES string of the molecule is NCC(=O)Nc1nnc(C2CCCO2)s1. The number of ether oxygens (including phenoxy) is 1. The Balaban J connectivity index is 2.00. The Hall–Kier alpha value is -1.05. The maximum atomic E-state index is 11.0. The smallest absolute Gasteiger partial charge is 0.239 e. The number of nitrogens with one attached hydrogen (secondary N) is 1. The van der Waals surface area contributed by atoms with Crippen LogP contribution in [-0.4, -0.2) is 29.3 Å². The third-order valence-electron chi connectivity index (χ3n) is 2.08. The molecular formula is C8H12N4O2S. The largest absolute Gasteiger partial charge is 0.371 e. The average molecular weight is 228 g/mol. The van der Waals surface area contributed by atoms with Crippen molar-refractivity contribution in [3.63, 3.8) is 0 Å². The molecule has 0 aliphatic carbocycles. The fourth-order valence-electron chi connectivity index (χ4n) is 1.36. The van der Waals surface area contributed by atoms with Crippen LogP contribution in [0.2, 0.25) is 0 Å². The number of nitrogens with two attached hydrogens (primary N) is 1. The van der Waals surface area contributed by atoms with Gasteiger partial charge in [0.1, 0.15) is 11.1 Å². The summed E-state index contributed by atoms with van der Waals surface area (Å²) in [6.45, 7) is 0.726. The number of aromatic nitrogens is 2. The van der Waals surface area contributed by atoms with Crippen LogP contribution in [0, 0.1) is 0 Å². The van der Waals surface area contributed by atoms with Crippen LogP contribution in [0.1, 0.15) is 24.0 Å². The molecule has 82 valence electrons. The lowest BCUT2D eigenvalue weighted by Gasteiger charge is -2.01. The van der Waals surface area contributed by atoms with Gasteiger partial charge >= 0.3 is 0 Å². The third kappa shape index (κ3) is 2.49. The molecule has 1 saturated heterocycles. The van der Waals surface area contributed by atoms with Gasteiger partial charge in [-0.3, -0.25) is 10.1 Å². The molecule has 0 spiro atoms. The summed E-state index contributed by atoms with van der Waals surface area (Å²) in [7, 11) is 0. The monoisotopic (exact) mass is 228 g/mol. The summed E-state index contributed by atoms with van der Waals surface area (Å²) in [6.07, 6.45) is 2.07. The Labute approximate surface area is 90.8 Å². The first kappa shape index (κ1) is 10.5. The number of carbonyl (C=O) groups excluding carboxylic acids is 1. The molecule has 1 aliphatic heterocycles. The lowest BCUT2D eigenvalue weighted by molar-refractivity contribution is -0.114. The van der Waals surface area contributed by atoms with Crippen molar-refractivity contribution in [1.82, 2.24) is 10.2 Å². The van der Waals surface area contributed by atoms with Gasteiger partial charge in [0.25, 0.3) is 0 Å². The maximum Gasteiger partial charge on any atom is 0.239 e. The maximum absolute atomic E-state index is 11.0. The van der Waals surface area contributed by atoms with Gasteiger partial charge in [-0.2, -0.15) is 0 Å². The van der Waals surface area contributed by atoms with E-state index in [1.165, 1.54) is 11.3 Å². The van der Waals surface area contributed by atoms with Crippen LogP contribution in [0.5, 0.6) is 0 Å². The first-order chi connectivity index (χ1) is 7.29. The quantitative estimate of drug-likeness (QED) is 0.775. The number of anilines is 1. The lowest BCUT2D eigenvalue weighted by atomic mass is 10.2. The molecule has 0 bridgehead atoms. The molecule has 15 heavy (non-hydrogen) atoms. The van der Waals surface area contributed by atoms with E-state index in [9.17, 15) is 4.79 Å². The molecule has 0 saturated carbocycles. The number of carbonyl (C=O) groups is 1. The van der Waals surface area contributed by atoms with E-state index in [1.54, 1.807) is 0 Å². The molecule has 2 rings (SSSR count). The fraction of sp³-hybridized carbons (Fsp3) is 0.625. The Kier molecular flexibility index (Phi) is 3.24. The number of hydrogen-bond donors (Lipinski definition) is 2. The Morgan fingerprint density at radius 3 is 3.20 bits per heavy atom. The van der Waals surface area contributed by atoms with Crippen LogP contribution in [0.3, 0.4) is 0 Å². The Bertz CT molecular complexity index is 348. The van der Waals surface area contributed by atoms with E-state index in [-0.39, 0.29) is 18.6 Å². The van der Waals surface area contributed by atoms with Gasteiger partial charge in [0.05, 0.1) is 6.54 Å². The Morgan fingerprint density at radius 1 is 1.67 bits per heavy atom. The highest BCUT2D eigenvalue weighted by Gasteiger charge is 2.22. The summed E-state index contributed by atoms with van der Waals surface area (Å²) in [5, 5.41) is 11.7. The molecule has 0 radical (unpaired) electrons. The van der Waals surface area contributed by atoms with Crippen LogP contribution in [0.4, 0.5) is 5.13 Å². The van der Waals surface area contributed by atoms with Gasteiger partial charge in [-0.25, -0.2) is 0 Å². The van der Waals surface area contributed by atoms with E-state index < -0.39 is 0 Å². The van der Waals surface area contributed by atoms with Crippen molar-refractivity contribution < 1.29 is 9.53 Å². The fourth-order valence-corrected chi connectivity index (χ4v) is 2.20. The highest BCUT2D eigenvalue weighted by molar-refractivity contribution is 7.15. The lowest BCUT2D eigenvalue weighted by Crippen LogP contribution is -2.21. The van der Waals surface area contributed by atoms with Crippen molar-refractivity contribution in [3.05, 3.63) is 5.01 Å². The van der Waals surface area contributed by atoms with E-state index in [0.717, 1.165) is 24.5 Å². The molecule has 1 amide bonds. The van der Waals surface area contributed by atoms with Crippen LogP contribution in [0.25, 0.3) is 0 Å². The molecular weight excluding hydrogens is 216 g/mol. The minimum atomic E-state index is -0.259. The second-order valence-corrected chi connectivity index (χ2v) is 4.21. The predicted molar refractivity (Wildman–Crippen MR) is 55.5 cm³/mol. The van der Waals surface area contributed by atoms with Gasteiger partial charge in [0.15, 0.2) is 0 Å². The van der Waals surface area contributed by atoms with Crippen LogP contribution in [0.15, 0.2) is 0 Å².